The first-order valence-electron chi connectivity index (χ1n) is 4.00. The summed E-state index contributed by atoms with van der Waals surface area (Å²) in [7, 11) is 0.0212. The standard InChI is InChI=1S/C7H2ClF2N3O4S/c8-18(16,17)5-4(6(9)10)3(1-11)2-12-7(5)13(14)15/h2,6H. The lowest BCUT2D eigenvalue weighted by atomic mass is 10.1. The van der Waals surface area contributed by atoms with Crippen LogP contribution >= 0.6 is 10.7 Å². The van der Waals surface area contributed by atoms with Gasteiger partial charge in [-0.05, 0) is 9.91 Å². The van der Waals surface area contributed by atoms with E-state index >= 15 is 0 Å². The van der Waals surface area contributed by atoms with E-state index in [1.807, 2.05) is 0 Å². The lowest BCUT2D eigenvalue weighted by Gasteiger charge is -2.06. The molecule has 7 nitrogen and oxygen atoms in total. The summed E-state index contributed by atoms with van der Waals surface area (Å²) in [4.78, 5) is 10.8. The zero-order valence-corrected chi connectivity index (χ0v) is 9.74. The van der Waals surface area contributed by atoms with Crippen LogP contribution in [0.2, 0.25) is 0 Å². The first-order valence-corrected chi connectivity index (χ1v) is 6.31. The average molecular weight is 298 g/mol. The molecule has 0 aliphatic carbocycles. The highest BCUT2D eigenvalue weighted by atomic mass is 35.7. The van der Waals surface area contributed by atoms with Gasteiger partial charge in [0.15, 0.2) is 11.1 Å². The Morgan fingerprint density at radius 1 is 1.56 bits per heavy atom. The highest BCUT2D eigenvalue weighted by Crippen LogP contribution is 2.36. The van der Waals surface area contributed by atoms with Crippen molar-refractivity contribution in [3.05, 3.63) is 27.4 Å². The SMILES string of the molecule is N#Cc1cnc([N+](=O)[O-])c(S(=O)(=O)Cl)c1C(F)F. The van der Waals surface area contributed by atoms with Crippen molar-refractivity contribution >= 4 is 25.6 Å². The molecule has 1 rings (SSSR count). The molecule has 18 heavy (non-hydrogen) atoms. The molecule has 0 saturated heterocycles. The van der Waals surface area contributed by atoms with Gasteiger partial charge in [0.2, 0.25) is 0 Å². The van der Waals surface area contributed by atoms with Crippen LogP contribution in [-0.4, -0.2) is 18.3 Å². The first-order chi connectivity index (χ1) is 8.20. The fraction of sp³-hybridized carbons (Fsp3) is 0.143. The summed E-state index contributed by atoms with van der Waals surface area (Å²) in [6.45, 7) is 0. The van der Waals surface area contributed by atoms with Crippen LogP contribution < -0.4 is 0 Å². The van der Waals surface area contributed by atoms with Crippen LogP contribution in [0, 0.1) is 21.4 Å². The van der Waals surface area contributed by atoms with E-state index in [1.54, 1.807) is 0 Å². The summed E-state index contributed by atoms with van der Waals surface area (Å²) >= 11 is 0. The number of nitrogens with zero attached hydrogens (tertiary/aromatic N) is 3. The van der Waals surface area contributed by atoms with Crippen LogP contribution in [0.5, 0.6) is 0 Å². The van der Waals surface area contributed by atoms with Gasteiger partial charge in [-0.15, -0.1) is 0 Å². The van der Waals surface area contributed by atoms with Crippen molar-refractivity contribution in [1.29, 1.82) is 5.26 Å². The molecule has 0 N–H and O–H groups in total. The average Bonchev–Trinajstić information content (AvgIpc) is 2.25. The maximum atomic E-state index is 12.7. The van der Waals surface area contributed by atoms with Gasteiger partial charge in [0.1, 0.15) is 11.6 Å². The van der Waals surface area contributed by atoms with Gasteiger partial charge >= 0.3 is 5.82 Å². The molecule has 0 amide bonds. The van der Waals surface area contributed by atoms with Gasteiger partial charge in [0.25, 0.3) is 15.5 Å². The van der Waals surface area contributed by atoms with E-state index in [1.165, 1.54) is 6.07 Å². The Bertz CT molecular complexity index is 655. The molecule has 0 aliphatic heterocycles. The predicted molar refractivity (Wildman–Crippen MR) is 53.6 cm³/mol. The third kappa shape index (κ3) is 2.52. The third-order valence-corrected chi connectivity index (χ3v) is 3.16. The van der Waals surface area contributed by atoms with Crippen molar-refractivity contribution < 1.29 is 22.1 Å². The number of alkyl halides is 2. The Labute approximate surface area is 103 Å². The number of aromatic nitrogens is 1. The second-order valence-electron chi connectivity index (χ2n) is 2.85. The van der Waals surface area contributed by atoms with Crippen LogP contribution in [0.4, 0.5) is 14.6 Å². The minimum absolute atomic E-state index is 0.491. The van der Waals surface area contributed by atoms with E-state index in [-0.39, 0.29) is 0 Å². The Hall–Kier alpha value is -1.86. The number of hydrogen-bond acceptors (Lipinski definition) is 6. The molecular formula is C7H2ClF2N3O4S. The van der Waals surface area contributed by atoms with Crippen LogP contribution in [0.15, 0.2) is 11.1 Å². The van der Waals surface area contributed by atoms with Gasteiger partial charge in [-0.2, -0.15) is 5.26 Å². The maximum absolute atomic E-state index is 12.7. The quantitative estimate of drug-likeness (QED) is 0.477. The summed E-state index contributed by atoms with van der Waals surface area (Å²) in [6.07, 6.45) is -2.93. The summed E-state index contributed by atoms with van der Waals surface area (Å²) in [5.74, 6) is -1.35. The normalized spacial score (nSPS) is 11.3. The maximum Gasteiger partial charge on any atom is 0.384 e. The second-order valence-corrected chi connectivity index (χ2v) is 5.35. The molecule has 0 unspecified atom stereocenters. The van der Waals surface area contributed by atoms with Crippen molar-refractivity contribution in [2.75, 3.05) is 0 Å². The largest absolute Gasteiger partial charge is 0.384 e. The van der Waals surface area contributed by atoms with Gasteiger partial charge in [-0.3, -0.25) is 0 Å². The summed E-state index contributed by atoms with van der Waals surface area (Å²) in [6, 6.07) is 1.27. The molecule has 1 aromatic rings. The molecule has 0 fully saturated rings. The summed E-state index contributed by atoms with van der Waals surface area (Å²) in [5.41, 5.74) is -2.12. The highest BCUT2D eigenvalue weighted by Gasteiger charge is 2.35. The molecule has 1 aromatic heterocycles. The predicted octanol–water partition coefficient (Wildman–Crippen LogP) is 1.73. The fourth-order valence-corrected chi connectivity index (χ4v) is 2.44. The van der Waals surface area contributed by atoms with Crippen LogP contribution in [0.25, 0.3) is 0 Å². The van der Waals surface area contributed by atoms with Gasteiger partial charge in [0.05, 0.1) is 5.56 Å². The number of halogens is 3. The van der Waals surface area contributed by atoms with Crippen molar-refractivity contribution in [1.82, 2.24) is 4.98 Å². The summed E-state index contributed by atoms with van der Waals surface area (Å²) < 4.78 is 47.7. The van der Waals surface area contributed by atoms with E-state index < -0.39 is 42.2 Å². The van der Waals surface area contributed by atoms with Gasteiger partial charge in [-0.25, -0.2) is 17.2 Å². The number of nitriles is 1. The molecule has 0 radical (unpaired) electrons. The lowest BCUT2D eigenvalue weighted by Crippen LogP contribution is -2.08. The second kappa shape index (κ2) is 4.79. The highest BCUT2D eigenvalue weighted by molar-refractivity contribution is 8.13. The van der Waals surface area contributed by atoms with E-state index in [0.717, 1.165) is 0 Å². The topological polar surface area (TPSA) is 114 Å². The van der Waals surface area contributed by atoms with Crippen molar-refractivity contribution in [3.8, 4) is 6.07 Å². The third-order valence-electron chi connectivity index (χ3n) is 1.81. The van der Waals surface area contributed by atoms with Crippen molar-refractivity contribution in [3.63, 3.8) is 0 Å². The first kappa shape index (κ1) is 14.2. The Morgan fingerprint density at radius 2 is 2.11 bits per heavy atom. The lowest BCUT2D eigenvalue weighted by molar-refractivity contribution is -0.392. The van der Waals surface area contributed by atoms with Crippen molar-refractivity contribution in [2.45, 2.75) is 11.3 Å². The fourth-order valence-electron chi connectivity index (χ4n) is 1.17. The number of hydrogen-bond donors (Lipinski definition) is 0. The Kier molecular flexibility index (Phi) is 3.78. The molecule has 11 heteroatoms. The zero-order valence-electron chi connectivity index (χ0n) is 8.17. The van der Waals surface area contributed by atoms with Gasteiger partial charge in [-0.1, -0.05) is 0 Å². The van der Waals surface area contributed by atoms with E-state index in [4.69, 9.17) is 15.9 Å². The van der Waals surface area contributed by atoms with E-state index in [9.17, 15) is 27.3 Å². The minimum atomic E-state index is -4.85. The molecule has 0 atom stereocenters. The monoisotopic (exact) mass is 297 g/mol. The van der Waals surface area contributed by atoms with Gasteiger partial charge in [0, 0.05) is 10.7 Å². The molecule has 0 aromatic carbocycles. The smallest absolute Gasteiger partial charge is 0.358 e. The molecule has 0 saturated carbocycles. The van der Waals surface area contributed by atoms with Crippen LogP contribution in [0.1, 0.15) is 17.6 Å². The number of rotatable bonds is 3. The molecule has 0 aliphatic rings. The van der Waals surface area contributed by atoms with Crippen LogP contribution in [0.3, 0.4) is 0 Å². The number of nitro groups is 1. The van der Waals surface area contributed by atoms with E-state index in [2.05, 4.69) is 4.98 Å². The molecule has 0 bridgehead atoms. The van der Waals surface area contributed by atoms with E-state index in [0.29, 0.717) is 6.20 Å². The van der Waals surface area contributed by atoms with Crippen molar-refractivity contribution in [2.24, 2.45) is 0 Å². The molecule has 96 valence electrons. The molecule has 0 spiro atoms. The Morgan fingerprint density at radius 3 is 2.44 bits per heavy atom. The van der Waals surface area contributed by atoms with Crippen LogP contribution in [-0.2, 0) is 9.05 Å². The zero-order chi connectivity index (χ0) is 14.1. The minimum Gasteiger partial charge on any atom is -0.358 e. The van der Waals surface area contributed by atoms with Gasteiger partial charge < -0.3 is 10.1 Å². The Balaban J connectivity index is 3.91. The molecular weight excluding hydrogens is 296 g/mol. The summed E-state index contributed by atoms with van der Waals surface area (Å²) in [5, 5.41) is 19.1. The number of pyridine rings is 1. The molecule has 1 heterocycles.